The molecule has 2 heterocycles. The van der Waals surface area contributed by atoms with Crippen LogP contribution in [0.4, 0.5) is 5.69 Å². The van der Waals surface area contributed by atoms with Crippen molar-refractivity contribution in [2.24, 2.45) is 9.78 Å². The van der Waals surface area contributed by atoms with Gasteiger partial charge in [-0.25, -0.2) is 4.21 Å². The second kappa shape index (κ2) is 7.94. The van der Waals surface area contributed by atoms with E-state index < -0.39 is 15.3 Å². The number of hydrogen-bond donors (Lipinski definition) is 2. The van der Waals surface area contributed by atoms with Crippen LogP contribution in [-0.2, 0) is 16.3 Å². The highest BCUT2D eigenvalue weighted by molar-refractivity contribution is 7.92. The lowest BCUT2D eigenvalue weighted by Crippen LogP contribution is -2.60. The van der Waals surface area contributed by atoms with Gasteiger partial charge in [0.05, 0.1) is 17.8 Å². The SMILES string of the molecule is CS(C)(=O)=Nc1cc(=O)n(CC2(O)CCNCC23CCCC3)cc1-c1ccccc1. The number of hydrogen-bond acceptors (Lipinski definition) is 5. The van der Waals surface area contributed by atoms with Crippen molar-refractivity contribution in [1.29, 1.82) is 0 Å². The molecule has 4 rings (SSSR count). The number of aromatic nitrogens is 1. The number of nitrogens with zero attached hydrogens (tertiary/aromatic N) is 2. The summed E-state index contributed by atoms with van der Waals surface area (Å²) in [5, 5.41) is 15.2. The predicted molar refractivity (Wildman–Crippen MR) is 122 cm³/mol. The first-order valence-corrected chi connectivity index (χ1v) is 12.9. The third-order valence-electron chi connectivity index (χ3n) is 6.67. The van der Waals surface area contributed by atoms with Crippen LogP contribution in [0.5, 0.6) is 0 Å². The molecule has 1 saturated carbocycles. The number of benzene rings is 1. The van der Waals surface area contributed by atoms with E-state index in [1.54, 1.807) is 23.3 Å². The fraction of sp³-hybridized carbons (Fsp3) is 0.522. The van der Waals surface area contributed by atoms with Crippen LogP contribution in [0.2, 0.25) is 0 Å². The zero-order valence-corrected chi connectivity index (χ0v) is 18.6. The molecule has 1 unspecified atom stereocenters. The predicted octanol–water partition coefficient (Wildman–Crippen LogP) is 3.16. The number of piperidine rings is 1. The zero-order valence-electron chi connectivity index (χ0n) is 17.8. The van der Waals surface area contributed by atoms with Gasteiger partial charge >= 0.3 is 0 Å². The number of aliphatic hydroxyl groups is 1. The molecule has 1 saturated heterocycles. The molecule has 2 N–H and O–H groups in total. The molecule has 1 atom stereocenters. The third kappa shape index (κ3) is 4.11. The Morgan fingerprint density at radius 1 is 1.17 bits per heavy atom. The molecule has 1 aromatic carbocycles. The second-order valence-electron chi connectivity index (χ2n) is 9.12. The van der Waals surface area contributed by atoms with E-state index >= 15 is 0 Å². The molecule has 1 aliphatic carbocycles. The van der Waals surface area contributed by atoms with E-state index in [4.69, 9.17) is 0 Å². The first-order valence-electron chi connectivity index (χ1n) is 10.6. The summed E-state index contributed by atoms with van der Waals surface area (Å²) < 4.78 is 18.3. The highest BCUT2D eigenvalue weighted by atomic mass is 32.2. The van der Waals surface area contributed by atoms with Crippen molar-refractivity contribution in [3.8, 4) is 11.1 Å². The maximum absolute atomic E-state index is 13.0. The Hall–Kier alpha value is -1.96. The lowest BCUT2D eigenvalue weighted by atomic mass is 9.66. The van der Waals surface area contributed by atoms with Crippen LogP contribution in [0.1, 0.15) is 32.1 Å². The van der Waals surface area contributed by atoms with E-state index in [1.807, 2.05) is 30.3 Å². The maximum Gasteiger partial charge on any atom is 0.252 e. The minimum atomic E-state index is -2.43. The van der Waals surface area contributed by atoms with Crippen LogP contribution in [-0.4, -0.2) is 45.1 Å². The van der Waals surface area contributed by atoms with E-state index in [1.165, 1.54) is 6.07 Å². The van der Waals surface area contributed by atoms with Gasteiger partial charge in [0.2, 0.25) is 0 Å². The molecule has 2 fully saturated rings. The molecule has 2 aliphatic rings. The quantitative estimate of drug-likeness (QED) is 0.782. The monoisotopic (exact) mass is 429 g/mol. The Labute approximate surface area is 178 Å². The van der Waals surface area contributed by atoms with Crippen LogP contribution in [0, 0.1) is 5.41 Å². The van der Waals surface area contributed by atoms with Gasteiger partial charge in [-0.15, -0.1) is 0 Å². The molecule has 1 aromatic heterocycles. The fourth-order valence-corrected chi connectivity index (χ4v) is 5.74. The maximum atomic E-state index is 13.0. The van der Waals surface area contributed by atoms with Crippen LogP contribution in [0.25, 0.3) is 11.1 Å². The summed E-state index contributed by atoms with van der Waals surface area (Å²) in [7, 11) is -2.43. The van der Waals surface area contributed by atoms with Gasteiger partial charge in [0.15, 0.2) is 0 Å². The van der Waals surface area contributed by atoms with E-state index in [0.717, 1.165) is 49.9 Å². The van der Waals surface area contributed by atoms with Crippen LogP contribution in [0.3, 0.4) is 0 Å². The average molecular weight is 430 g/mol. The molecule has 0 radical (unpaired) electrons. The molecule has 0 bridgehead atoms. The molecule has 162 valence electrons. The van der Waals surface area contributed by atoms with Gasteiger partial charge in [-0.05, 0) is 31.4 Å². The van der Waals surface area contributed by atoms with Crippen LogP contribution < -0.4 is 10.9 Å². The Morgan fingerprint density at radius 2 is 1.87 bits per heavy atom. The Morgan fingerprint density at radius 3 is 2.53 bits per heavy atom. The van der Waals surface area contributed by atoms with Gasteiger partial charge in [0.1, 0.15) is 0 Å². The van der Waals surface area contributed by atoms with Crippen molar-refractivity contribution < 1.29 is 9.32 Å². The Bertz CT molecular complexity index is 1090. The summed E-state index contributed by atoms with van der Waals surface area (Å²) >= 11 is 0. The lowest BCUT2D eigenvalue weighted by molar-refractivity contribution is -0.115. The summed E-state index contributed by atoms with van der Waals surface area (Å²) in [5.41, 5.74) is 0.768. The molecule has 2 aromatic rings. The molecule has 0 amide bonds. The smallest absolute Gasteiger partial charge is 0.252 e. The highest BCUT2D eigenvalue weighted by Crippen LogP contribution is 2.49. The summed E-state index contributed by atoms with van der Waals surface area (Å²) in [5.74, 6) is 0. The summed E-state index contributed by atoms with van der Waals surface area (Å²) in [6.07, 6.45) is 9.74. The van der Waals surface area contributed by atoms with Gasteiger partial charge in [0.25, 0.3) is 5.56 Å². The molecule has 7 heteroatoms. The highest BCUT2D eigenvalue weighted by Gasteiger charge is 2.53. The van der Waals surface area contributed by atoms with Gasteiger partial charge in [0, 0.05) is 52.0 Å². The zero-order chi connectivity index (χ0) is 21.4. The second-order valence-corrected chi connectivity index (χ2v) is 11.7. The average Bonchev–Trinajstić information content (AvgIpc) is 3.16. The number of rotatable bonds is 4. The van der Waals surface area contributed by atoms with E-state index in [2.05, 4.69) is 9.68 Å². The number of pyridine rings is 1. The Balaban J connectivity index is 1.81. The van der Waals surface area contributed by atoms with Crippen LogP contribution >= 0.6 is 0 Å². The molecule has 1 spiro atoms. The van der Waals surface area contributed by atoms with Crippen molar-refractivity contribution in [1.82, 2.24) is 9.88 Å². The van der Waals surface area contributed by atoms with E-state index in [9.17, 15) is 14.1 Å². The summed E-state index contributed by atoms with van der Waals surface area (Å²) in [6.45, 7) is 1.81. The van der Waals surface area contributed by atoms with Crippen LogP contribution in [0.15, 0.2) is 51.8 Å². The number of nitrogens with one attached hydrogen (secondary N) is 1. The lowest BCUT2D eigenvalue weighted by Gasteiger charge is -2.49. The summed E-state index contributed by atoms with van der Waals surface area (Å²) in [4.78, 5) is 13.0. The topological polar surface area (TPSA) is 83.7 Å². The van der Waals surface area contributed by atoms with Crippen molar-refractivity contribution in [3.63, 3.8) is 0 Å². The minimum absolute atomic E-state index is 0.179. The molecule has 30 heavy (non-hydrogen) atoms. The van der Waals surface area contributed by atoms with Crippen molar-refractivity contribution in [2.75, 3.05) is 25.6 Å². The molecular formula is C23H31N3O3S. The normalized spacial score (nSPS) is 23.6. The van der Waals surface area contributed by atoms with E-state index in [-0.39, 0.29) is 17.5 Å². The molecule has 1 aliphatic heterocycles. The first-order chi connectivity index (χ1) is 14.2. The largest absolute Gasteiger partial charge is 0.387 e. The van der Waals surface area contributed by atoms with Crippen molar-refractivity contribution >= 4 is 15.4 Å². The Kier molecular flexibility index (Phi) is 5.64. The molecular weight excluding hydrogens is 398 g/mol. The van der Waals surface area contributed by atoms with Crippen molar-refractivity contribution in [3.05, 3.63) is 52.9 Å². The van der Waals surface area contributed by atoms with Gasteiger partial charge in [-0.2, -0.15) is 4.36 Å². The summed E-state index contributed by atoms with van der Waals surface area (Å²) in [6, 6.07) is 11.2. The third-order valence-corrected chi connectivity index (χ3v) is 7.30. The minimum Gasteiger partial charge on any atom is -0.387 e. The fourth-order valence-electron chi connectivity index (χ4n) is 5.11. The van der Waals surface area contributed by atoms with E-state index in [0.29, 0.717) is 12.1 Å². The van der Waals surface area contributed by atoms with Crippen molar-refractivity contribution in [2.45, 2.75) is 44.2 Å². The van der Waals surface area contributed by atoms with Gasteiger partial charge in [-0.3, -0.25) is 4.79 Å². The molecule has 6 nitrogen and oxygen atoms in total. The first kappa shape index (κ1) is 21.3. The van der Waals surface area contributed by atoms with Gasteiger partial charge in [-0.1, -0.05) is 43.2 Å². The standard InChI is InChI=1S/C23H31N3O3S/c1-30(2,29)25-20-14-21(27)26(15-19(20)18-8-4-3-5-9-18)17-23(28)12-13-24-16-22(23)10-6-7-11-22/h3-5,8-9,14-15,24,28H,6-7,10-13,16-17H2,1-2H3. The van der Waals surface area contributed by atoms with Gasteiger partial charge < -0.3 is 15.0 Å².